The number of nitrogens with two attached hydrogens (primary N) is 1. The molecular weight excluding hydrogens is 258 g/mol. The predicted molar refractivity (Wildman–Crippen MR) is 77.0 cm³/mol. The number of benzene rings is 1. The Morgan fingerprint density at radius 2 is 2.21 bits per heavy atom. The number of para-hydroxylation sites is 1. The van der Waals surface area contributed by atoms with Crippen LogP contribution in [0, 0.1) is 13.8 Å². The molecule has 0 saturated heterocycles. The van der Waals surface area contributed by atoms with Gasteiger partial charge in [0.1, 0.15) is 17.4 Å². The van der Waals surface area contributed by atoms with Crippen LogP contribution in [-0.4, -0.2) is 4.98 Å². The maximum absolute atomic E-state index is 5.94. The smallest absolute Gasteiger partial charge is 0.137 e. The molecule has 98 valence electrons. The van der Waals surface area contributed by atoms with Gasteiger partial charge >= 0.3 is 0 Å². The molecule has 1 atom stereocenters. The first-order valence-electron chi connectivity index (χ1n) is 6.06. The van der Waals surface area contributed by atoms with Crippen LogP contribution >= 0.6 is 11.3 Å². The van der Waals surface area contributed by atoms with Crippen molar-refractivity contribution >= 4 is 22.3 Å². The van der Waals surface area contributed by atoms with Gasteiger partial charge in [0, 0.05) is 10.8 Å². The fourth-order valence-electron chi connectivity index (χ4n) is 2.20. The average molecular weight is 273 g/mol. The van der Waals surface area contributed by atoms with Crippen LogP contribution in [0.1, 0.15) is 28.1 Å². The number of fused-ring (bicyclic) bond motifs is 1. The Kier molecular flexibility index (Phi) is 3.10. The van der Waals surface area contributed by atoms with Crippen molar-refractivity contribution in [3.63, 3.8) is 0 Å². The van der Waals surface area contributed by atoms with E-state index in [-0.39, 0.29) is 6.04 Å². The minimum atomic E-state index is -0.211. The summed E-state index contributed by atoms with van der Waals surface area (Å²) in [6, 6.07) is 7.90. The Labute approximate surface area is 115 Å². The van der Waals surface area contributed by atoms with Gasteiger partial charge in [-0.05, 0) is 25.5 Å². The van der Waals surface area contributed by atoms with Crippen LogP contribution in [0.5, 0.6) is 0 Å². The molecule has 0 aliphatic rings. The number of aryl methyl sites for hydroxylation is 2. The minimum absolute atomic E-state index is 0.211. The Hall–Kier alpha value is -1.69. The lowest BCUT2D eigenvalue weighted by Gasteiger charge is -2.09. The lowest BCUT2D eigenvalue weighted by atomic mass is 10.1. The molecule has 3 rings (SSSR count). The van der Waals surface area contributed by atoms with Gasteiger partial charge in [-0.2, -0.15) is 0 Å². The van der Waals surface area contributed by atoms with Crippen LogP contribution in [0.4, 0.5) is 0 Å². The van der Waals surface area contributed by atoms with E-state index in [0.29, 0.717) is 0 Å². The maximum Gasteiger partial charge on any atom is 0.137 e. The minimum Gasteiger partial charge on any atom is -0.459 e. The lowest BCUT2D eigenvalue weighted by Crippen LogP contribution is -2.28. The standard InChI is InChI=1S/C14H15N3OS/c1-8-4-3-5-10-6-12(18-14(8)10)13(17-15)11-7-19-9(2)16-11/h3-7,13,17H,15H2,1-2H3. The van der Waals surface area contributed by atoms with Crippen molar-refractivity contribution in [1.29, 1.82) is 0 Å². The zero-order valence-electron chi connectivity index (χ0n) is 10.8. The van der Waals surface area contributed by atoms with E-state index in [1.807, 2.05) is 43.5 Å². The summed E-state index contributed by atoms with van der Waals surface area (Å²) in [6.07, 6.45) is 0. The molecule has 2 heterocycles. The highest BCUT2D eigenvalue weighted by Gasteiger charge is 2.20. The Bertz CT molecular complexity index is 716. The van der Waals surface area contributed by atoms with E-state index < -0.39 is 0 Å². The van der Waals surface area contributed by atoms with E-state index in [9.17, 15) is 0 Å². The van der Waals surface area contributed by atoms with E-state index >= 15 is 0 Å². The van der Waals surface area contributed by atoms with Crippen molar-refractivity contribution < 1.29 is 4.42 Å². The van der Waals surface area contributed by atoms with Gasteiger partial charge in [-0.3, -0.25) is 5.84 Å². The lowest BCUT2D eigenvalue weighted by molar-refractivity contribution is 0.471. The molecule has 0 spiro atoms. The van der Waals surface area contributed by atoms with Crippen molar-refractivity contribution in [2.45, 2.75) is 19.9 Å². The van der Waals surface area contributed by atoms with E-state index in [2.05, 4.69) is 10.4 Å². The second-order valence-corrected chi connectivity index (χ2v) is 5.60. The van der Waals surface area contributed by atoms with Crippen LogP contribution in [0.25, 0.3) is 11.0 Å². The van der Waals surface area contributed by atoms with Gasteiger partial charge in [-0.15, -0.1) is 11.3 Å². The van der Waals surface area contributed by atoms with Gasteiger partial charge in [-0.1, -0.05) is 18.2 Å². The molecule has 4 nitrogen and oxygen atoms in total. The van der Waals surface area contributed by atoms with Gasteiger partial charge in [0.15, 0.2) is 0 Å². The molecule has 0 amide bonds. The van der Waals surface area contributed by atoms with Crippen LogP contribution in [-0.2, 0) is 0 Å². The van der Waals surface area contributed by atoms with Crippen LogP contribution < -0.4 is 11.3 Å². The molecule has 0 radical (unpaired) electrons. The van der Waals surface area contributed by atoms with E-state index in [4.69, 9.17) is 10.3 Å². The van der Waals surface area contributed by atoms with Crippen molar-refractivity contribution in [2.24, 2.45) is 5.84 Å². The molecule has 3 aromatic rings. The van der Waals surface area contributed by atoms with Gasteiger partial charge in [0.25, 0.3) is 0 Å². The molecule has 1 aromatic carbocycles. The highest BCUT2D eigenvalue weighted by molar-refractivity contribution is 7.09. The third-order valence-electron chi connectivity index (χ3n) is 3.14. The zero-order valence-corrected chi connectivity index (χ0v) is 11.6. The normalized spacial score (nSPS) is 13.0. The number of furan rings is 1. The number of thiazole rings is 1. The molecule has 0 aliphatic heterocycles. The highest BCUT2D eigenvalue weighted by Crippen LogP contribution is 2.29. The molecule has 1 unspecified atom stereocenters. The quantitative estimate of drug-likeness (QED) is 0.568. The zero-order chi connectivity index (χ0) is 13.4. The molecule has 3 N–H and O–H groups in total. The van der Waals surface area contributed by atoms with E-state index in [0.717, 1.165) is 33.0 Å². The summed E-state index contributed by atoms with van der Waals surface area (Å²) >= 11 is 1.60. The molecular formula is C14H15N3OS. The summed E-state index contributed by atoms with van der Waals surface area (Å²) in [7, 11) is 0. The third kappa shape index (κ3) is 2.16. The fraction of sp³-hybridized carbons (Fsp3) is 0.214. The third-order valence-corrected chi connectivity index (χ3v) is 3.94. The number of hydrogen-bond acceptors (Lipinski definition) is 5. The van der Waals surface area contributed by atoms with E-state index in [1.54, 1.807) is 11.3 Å². The summed E-state index contributed by atoms with van der Waals surface area (Å²) in [5, 5.41) is 4.10. The summed E-state index contributed by atoms with van der Waals surface area (Å²) < 4.78 is 5.94. The monoisotopic (exact) mass is 273 g/mol. The molecule has 19 heavy (non-hydrogen) atoms. The Morgan fingerprint density at radius 1 is 1.37 bits per heavy atom. The highest BCUT2D eigenvalue weighted by atomic mass is 32.1. The molecule has 0 saturated carbocycles. The van der Waals surface area contributed by atoms with Crippen molar-refractivity contribution in [3.8, 4) is 0 Å². The maximum atomic E-state index is 5.94. The number of aromatic nitrogens is 1. The van der Waals surface area contributed by atoms with Gasteiger partial charge in [-0.25, -0.2) is 10.4 Å². The SMILES string of the molecule is Cc1nc(C(NN)c2cc3cccc(C)c3o2)cs1. The summed E-state index contributed by atoms with van der Waals surface area (Å²) in [4.78, 5) is 4.47. The molecule has 0 fully saturated rings. The second kappa shape index (κ2) is 4.77. The first-order chi connectivity index (χ1) is 9.19. The van der Waals surface area contributed by atoms with Crippen LogP contribution in [0.3, 0.4) is 0 Å². The first-order valence-corrected chi connectivity index (χ1v) is 6.94. The summed E-state index contributed by atoms with van der Waals surface area (Å²) in [6.45, 7) is 4.01. The number of nitrogens with one attached hydrogen (secondary N) is 1. The topological polar surface area (TPSA) is 64.1 Å². The van der Waals surface area contributed by atoms with Crippen molar-refractivity contribution in [3.05, 3.63) is 51.7 Å². The molecule has 0 bridgehead atoms. The Balaban J connectivity index is 2.09. The Morgan fingerprint density at radius 3 is 2.84 bits per heavy atom. The number of hydrogen-bond donors (Lipinski definition) is 2. The first kappa shape index (κ1) is 12.3. The van der Waals surface area contributed by atoms with Crippen molar-refractivity contribution in [2.75, 3.05) is 0 Å². The summed E-state index contributed by atoms with van der Waals surface area (Å²) in [5.41, 5.74) is 5.70. The van der Waals surface area contributed by atoms with Gasteiger partial charge in [0.05, 0.1) is 10.7 Å². The number of nitrogens with zero attached hydrogens (tertiary/aromatic N) is 1. The molecule has 5 heteroatoms. The van der Waals surface area contributed by atoms with Gasteiger partial charge in [0.2, 0.25) is 0 Å². The van der Waals surface area contributed by atoms with Crippen molar-refractivity contribution in [1.82, 2.24) is 10.4 Å². The van der Waals surface area contributed by atoms with Crippen LogP contribution in [0.15, 0.2) is 34.1 Å². The second-order valence-electron chi connectivity index (χ2n) is 4.53. The largest absolute Gasteiger partial charge is 0.459 e. The molecule has 0 aliphatic carbocycles. The van der Waals surface area contributed by atoms with Gasteiger partial charge < -0.3 is 4.42 Å². The van der Waals surface area contributed by atoms with Crippen LogP contribution in [0.2, 0.25) is 0 Å². The number of rotatable bonds is 3. The average Bonchev–Trinajstić information content (AvgIpc) is 2.98. The predicted octanol–water partition coefficient (Wildman–Crippen LogP) is 3.06. The summed E-state index contributed by atoms with van der Waals surface area (Å²) in [5.74, 6) is 6.45. The van der Waals surface area contributed by atoms with E-state index in [1.165, 1.54) is 0 Å². The molecule has 2 aromatic heterocycles. The number of hydrazine groups is 1. The fourth-order valence-corrected chi connectivity index (χ4v) is 2.84.